The van der Waals surface area contributed by atoms with Crippen molar-refractivity contribution in [1.29, 1.82) is 0 Å². The minimum Gasteiger partial charge on any atom is -0.316 e. The normalized spacial score (nSPS) is 23.2. The van der Waals surface area contributed by atoms with Gasteiger partial charge in [-0.1, -0.05) is 58.4 Å². The standard InChI is InChI=1S/C19H31N/c1-14(2)16-10-8-15(9-11-16)13-18(20-5)17-7-6-12-19(17,3)4/h8-11,14,17-18,20H,6-7,12-13H2,1-5H3. The van der Waals surface area contributed by atoms with E-state index in [2.05, 4.69) is 64.3 Å². The third kappa shape index (κ3) is 3.44. The zero-order valence-corrected chi connectivity index (χ0v) is 13.9. The summed E-state index contributed by atoms with van der Waals surface area (Å²) in [4.78, 5) is 0. The zero-order valence-electron chi connectivity index (χ0n) is 13.9. The first kappa shape index (κ1) is 15.6. The van der Waals surface area contributed by atoms with Crippen LogP contribution in [0.5, 0.6) is 0 Å². The minimum atomic E-state index is 0.492. The van der Waals surface area contributed by atoms with Gasteiger partial charge in [-0.15, -0.1) is 0 Å². The van der Waals surface area contributed by atoms with Crippen molar-refractivity contribution in [2.75, 3.05) is 7.05 Å². The van der Waals surface area contributed by atoms with Crippen LogP contribution in [0, 0.1) is 11.3 Å². The molecule has 1 aliphatic rings. The Hall–Kier alpha value is -0.820. The maximum atomic E-state index is 3.59. The molecule has 0 heterocycles. The van der Waals surface area contributed by atoms with Gasteiger partial charge in [0.15, 0.2) is 0 Å². The van der Waals surface area contributed by atoms with Crippen molar-refractivity contribution in [3.05, 3.63) is 35.4 Å². The molecule has 1 fully saturated rings. The second-order valence-corrected chi connectivity index (χ2v) is 7.48. The second-order valence-electron chi connectivity index (χ2n) is 7.48. The summed E-state index contributed by atoms with van der Waals surface area (Å²) < 4.78 is 0. The van der Waals surface area contributed by atoms with Crippen LogP contribution in [0.15, 0.2) is 24.3 Å². The van der Waals surface area contributed by atoms with Crippen molar-refractivity contribution in [3.8, 4) is 0 Å². The first-order valence-electron chi connectivity index (χ1n) is 8.20. The molecule has 0 bridgehead atoms. The maximum Gasteiger partial charge on any atom is 0.0138 e. The molecule has 2 unspecified atom stereocenters. The van der Waals surface area contributed by atoms with E-state index in [0.29, 0.717) is 17.4 Å². The van der Waals surface area contributed by atoms with E-state index in [1.807, 2.05) is 0 Å². The molecule has 1 nitrogen and oxygen atoms in total. The highest BCUT2D eigenvalue weighted by Crippen LogP contribution is 2.44. The molecule has 1 aliphatic carbocycles. The van der Waals surface area contributed by atoms with E-state index in [-0.39, 0.29) is 0 Å². The van der Waals surface area contributed by atoms with E-state index in [4.69, 9.17) is 0 Å². The Labute approximate surface area is 125 Å². The molecular weight excluding hydrogens is 242 g/mol. The van der Waals surface area contributed by atoms with Gasteiger partial charge < -0.3 is 5.32 Å². The van der Waals surface area contributed by atoms with E-state index >= 15 is 0 Å². The summed E-state index contributed by atoms with van der Waals surface area (Å²) in [6, 6.07) is 9.85. The lowest BCUT2D eigenvalue weighted by Gasteiger charge is -2.34. The van der Waals surface area contributed by atoms with Crippen LogP contribution in [0.4, 0.5) is 0 Å². The highest BCUT2D eigenvalue weighted by atomic mass is 14.9. The van der Waals surface area contributed by atoms with Crippen LogP contribution in [-0.2, 0) is 6.42 Å². The summed E-state index contributed by atoms with van der Waals surface area (Å²) in [5, 5.41) is 3.59. The molecule has 20 heavy (non-hydrogen) atoms. The fourth-order valence-electron chi connectivity index (χ4n) is 3.84. The largest absolute Gasteiger partial charge is 0.316 e. The Balaban J connectivity index is 2.06. The molecule has 1 N–H and O–H groups in total. The molecule has 0 aromatic heterocycles. The molecular formula is C19H31N. The molecule has 0 amide bonds. The van der Waals surface area contributed by atoms with E-state index in [1.165, 1.54) is 30.4 Å². The quantitative estimate of drug-likeness (QED) is 0.815. The topological polar surface area (TPSA) is 12.0 Å². The first-order valence-corrected chi connectivity index (χ1v) is 8.20. The highest BCUT2D eigenvalue weighted by molar-refractivity contribution is 5.25. The highest BCUT2D eigenvalue weighted by Gasteiger charge is 2.38. The van der Waals surface area contributed by atoms with Gasteiger partial charge in [0.2, 0.25) is 0 Å². The van der Waals surface area contributed by atoms with Gasteiger partial charge in [-0.3, -0.25) is 0 Å². The molecule has 0 spiro atoms. The molecule has 1 aromatic carbocycles. The van der Waals surface area contributed by atoms with Crippen LogP contribution >= 0.6 is 0 Å². The van der Waals surface area contributed by atoms with Gasteiger partial charge in [0.25, 0.3) is 0 Å². The summed E-state index contributed by atoms with van der Waals surface area (Å²) >= 11 is 0. The van der Waals surface area contributed by atoms with Crippen LogP contribution in [0.3, 0.4) is 0 Å². The van der Waals surface area contributed by atoms with Crippen molar-refractivity contribution in [1.82, 2.24) is 5.32 Å². The van der Waals surface area contributed by atoms with Gasteiger partial charge in [-0.2, -0.15) is 0 Å². The van der Waals surface area contributed by atoms with Gasteiger partial charge >= 0.3 is 0 Å². The molecule has 112 valence electrons. The van der Waals surface area contributed by atoms with E-state index in [0.717, 1.165) is 12.3 Å². The fourth-order valence-corrected chi connectivity index (χ4v) is 3.84. The van der Waals surface area contributed by atoms with E-state index in [1.54, 1.807) is 0 Å². The lowest BCUT2D eigenvalue weighted by molar-refractivity contribution is 0.201. The molecule has 1 saturated carbocycles. The summed E-state index contributed by atoms with van der Waals surface area (Å²) in [5.41, 5.74) is 3.40. The average Bonchev–Trinajstić information content (AvgIpc) is 2.76. The van der Waals surface area contributed by atoms with Crippen LogP contribution < -0.4 is 5.32 Å². The van der Waals surface area contributed by atoms with Crippen molar-refractivity contribution < 1.29 is 0 Å². The van der Waals surface area contributed by atoms with Crippen LogP contribution in [0.25, 0.3) is 0 Å². The number of hydrogen-bond acceptors (Lipinski definition) is 1. The van der Waals surface area contributed by atoms with Gasteiger partial charge in [0.05, 0.1) is 0 Å². The predicted octanol–water partition coefficient (Wildman–Crippen LogP) is 4.77. The summed E-state index contributed by atoms with van der Waals surface area (Å²) in [6.07, 6.45) is 5.30. The minimum absolute atomic E-state index is 0.492. The SMILES string of the molecule is CNC(Cc1ccc(C(C)C)cc1)C1CCCC1(C)C. The fraction of sp³-hybridized carbons (Fsp3) is 0.684. The zero-order chi connectivity index (χ0) is 14.8. The van der Waals surface area contributed by atoms with E-state index < -0.39 is 0 Å². The average molecular weight is 273 g/mol. The summed E-state index contributed by atoms with van der Waals surface area (Å²) in [6.45, 7) is 9.40. The number of likely N-dealkylation sites (N-methyl/N-ethyl adjacent to an activating group) is 1. The van der Waals surface area contributed by atoms with E-state index in [9.17, 15) is 0 Å². The van der Waals surface area contributed by atoms with Crippen molar-refractivity contribution in [2.24, 2.45) is 11.3 Å². The predicted molar refractivity (Wildman–Crippen MR) is 88.2 cm³/mol. The van der Waals surface area contributed by atoms with Gasteiger partial charge in [0, 0.05) is 6.04 Å². The third-order valence-corrected chi connectivity index (χ3v) is 5.30. The van der Waals surface area contributed by atoms with Crippen LogP contribution in [0.2, 0.25) is 0 Å². The van der Waals surface area contributed by atoms with Crippen molar-refractivity contribution >= 4 is 0 Å². The molecule has 0 radical (unpaired) electrons. The smallest absolute Gasteiger partial charge is 0.0138 e. The van der Waals surface area contributed by atoms with Crippen LogP contribution in [-0.4, -0.2) is 13.1 Å². The Kier molecular flexibility index (Phi) is 4.90. The van der Waals surface area contributed by atoms with Gasteiger partial charge in [-0.05, 0) is 54.7 Å². The van der Waals surface area contributed by atoms with Crippen molar-refractivity contribution in [3.63, 3.8) is 0 Å². The van der Waals surface area contributed by atoms with Crippen LogP contribution in [0.1, 0.15) is 64.0 Å². The molecule has 2 atom stereocenters. The lowest BCUT2D eigenvalue weighted by Crippen LogP contribution is -2.40. The number of benzene rings is 1. The monoisotopic (exact) mass is 273 g/mol. The Morgan fingerprint density at radius 3 is 2.30 bits per heavy atom. The third-order valence-electron chi connectivity index (χ3n) is 5.30. The van der Waals surface area contributed by atoms with Gasteiger partial charge in [0.1, 0.15) is 0 Å². The Morgan fingerprint density at radius 2 is 1.85 bits per heavy atom. The Bertz CT molecular complexity index is 416. The Morgan fingerprint density at radius 1 is 1.20 bits per heavy atom. The molecule has 1 heteroatoms. The molecule has 2 rings (SSSR count). The number of hydrogen-bond donors (Lipinski definition) is 1. The summed E-state index contributed by atoms with van der Waals surface area (Å²) in [7, 11) is 2.13. The molecule has 0 aliphatic heterocycles. The molecule has 0 saturated heterocycles. The lowest BCUT2D eigenvalue weighted by atomic mass is 9.76. The maximum absolute atomic E-state index is 3.59. The van der Waals surface area contributed by atoms with Crippen molar-refractivity contribution in [2.45, 2.75) is 65.3 Å². The number of rotatable bonds is 5. The summed E-state index contributed by atoms with van der Waals surface area (Å²) in [5.74, 6) is 1.43. The first-order chi connectivity index (χ1) is 9.44. The second kappa shape index (κ2) is 6.30. The van der Waals surface area contributed by atoms with Gasteiger partial charge in [-0.25, -0.2) is 0 Å². The molecule has 1 aromatic rings. The number of nitrogens with one attached hydrogen (secondary N) is 1.